The van der Waals surface area contributed by atoms with Crippen molar-refractivity contribution in [2.45, 2.75) is 25.4 Å². The summed E-state index contributed by atoms with van der Waals surface area (Å²) in [5.74, 6) is 1.37. The van der Waals surface area contributed by atoms with Crippen molar-refractivity contribution in [1.82, 2.24) is 9.97 Å². The molecule has 1 heterocycles. The molecule has 1 aromatic heterocycles. The van der Waals surface area contributed by atoms with Crippen molar-refractivity contribution in [2.75, 3.05) is 6.26 Å². The summed E-state index contributed by atoms with van der Waals surface area (Å²) in [5.41, 5.74) is 0. The zero-order chi connectivity index (χ0) is 11.3. The van der Waals surface area contributed by atoms with Gasteiger partial charge in [0, 0.05) is 12.5 Å². The van der Waals surface area contributed by atoms with Gasteiger partial charge < -0.3 is 4.74 Å². The number of halogens is 1. The number of rotatable bonds is 4. The largest absolute Gasteiger partial charge is 0.444 e. The first-order valence-electron chi connectivity index (χ1n) is 4.61. The van der Waals surface area contributed by atoms with E-state index in [1.165, 1.54) is 11.8 Å². The predicted octanol–water partition coefficient (Wildman–Crippen LogP) is 3.54. The fraction of sp³-hybridized carbons (Fsp3) is 0.400. The summed E-state index contributed by atoms with van der Waals surface area (Å²) in [4.78, 5) is 8.22. The Hall–Kier alpha value is -0.740. The van der Waals surface area contributed by atoms with Crippen molar-refractivity contribution in [3.63, 3.8) is 0 Å². The summed E-state index contributed by atoms with van der Waals surface area (Å²) in [6.45, 7) is 3.95. The van der Waals surface area contributed by atoms with Gasteiger partial charge in [0.1, 0.15) is 10.9 Å². The first kappa shape index (κ1) is 12.3. The van der Waals surface area contributed by atoms with E-state index in [2.05, 4.69) is 9.97 Å². The average molecular weight is 245 g/mol. The molecule has 0 saturated carbocycles. The maximum Gasteiger partial charge on any atom is 0.224 e. The van der Waals surface area contributed by atoms with Crippen LogP contribution in [0.3, 0.4) is 0 Å². The average Bonchev–Trinajstić information content (AvgIpc) is 2.25. The van der Waals surface area contributed by atoms with E-state index in [1.807, 2.05) is 26.2 Å². The van der Waals surface area contributed by atoms with E-state index < -0.39 is 0 Å². The van der Waals surface area contributed by atoms with Crippen LogP contribution in [0.25, 0.3) is 0 Å². The second kappa shape index (κ2) is 5.98. The number of ether oxygens (including phenoxy) is 1. The molecule has 3 nitrogen and oxygen atoms in total. The Labute approximate surface area is 98.9 Å². The fourth-order valence-corrected chi connectivity index (χ4v) is 1.58. The van der Waals surface area contributed by atoms with Gasteiger partial charge in [0.2, 0.25) is 5.88 Å². The van der Waals surface area contributed by atoms with Gasteiger partial charge in [-0.15, -0.1) is 0 Å². The van der Waals surface area contributed by atoms with Gasteiger partial charge in [-0.1, -0.05) is 30.3 Å². The molecule has 0 aromatic carbocycles. The standard InChI is InChI=1S/C10H13ClN2OS/c1-4-7(5-2)14-9-6-8(11)12-10(13-9)15-3/h4,6H,5H2,1-3H3. The van der Waals surface area contributed by atoms with Crippen LogP contribution in [-0.2, 0) is 0 Å². The van der Waals surface area contributed by atoms with Gasteiger partial charge in [-0.25, -0.2) is 4.98 Å². The van der Waals surface area contributed by atoms with Gasteiger partial charge in [0.05, 0.1) is 0 Å². The molecule has 0 aliphatic carbocycles. The highest BCUT2D eigenvalue weighted by molar-refractivity contribution is 7.98. The van der Waals surface area contributed by atoms with E-state index >= 15 is 0 Å². The van der Waals surface area contributed by atoms with E-state index in [0.717, 1.165) is 12.2 Å². The van der Waals surface area contributed by atoms with Crippen LogP contribution < -0.4 is 4.74 Å². The highest BCUT2D eigenvalue weighted by Gasteiger charge is 2.04. The Morgan fingerprint density at radius 2 is 2.33 bits per heavy atom. The Morgan fingerprint density at radius 3 is 2.87 bits per heavy atom. The number of hydrogen-bond acceptors (Lipinski definition) is 4. The molecule has 0 N–H and O–H groups in total. The van der Waals surface area contributed by atoms with Crippen LogP contribution in [0.15, 0.2) is 23.1 Å². The van der Waals surface area contributed by atoms with E-state index in [1.54, 1.807) is 6.07 Å². The SMILES string of the molecule is CC=C(CC)Oc1cc(Cl)nc(SC)n1. The third kappa shape index (κ3) is 3.72. The number of thioether (sulfide) groups is 1. The predicted molar refractivity (Wildman–Crippen MR) is 63.5 cm³/mol. The molecule has 15 heavy (non-hydrogen) atoms. The molecule has 0 amide bonds. The molecule has 0 aliphatic heterocycles. The molecule has 0 fully saturated rings. The van der Waals surface area contributed by atoms with E-state index in [9.17, 15) is 0 Å². The van der Waals surface area contributed by atoms with E-state index in [4.69, 9.17) is 16.3 Å². The molecular formula is C10H13ClN2OS. The molecule has 0 radical (unpaired) electrons. The van der Waals surface area contributed by atoms with Crippen LogP contribution in [0.2, 0.25) is 5.15 Å². The summed E-state index contributed by atoms with van der Waals surface area (Å²) < 4.78 is 5.55. The maximum absolute atomic E-state index is 5.83. The van der Waals surface area contributed by atoms with Crippen molar-refractivity contribution in [2.24, 2.45) is 0 Å². The Balaban J connectivity index is 2.89. The van der Waals surface area contributed by atoms with Crippen LogP contribution in [0, 0.1) is 0 Å². The molecule has 0 aliphatic rings. The first-order valence-corrected chi connectivity index (χ1v) is 6.21. The minimum Gasteiger partial charge on any atom is -0.444 e. The van der Waals surface area contributed by atoms with E-state index in [-0.39, 0.29) is 0 Å². The molecular weight excluding hydrogens is 232 g/mol. The summed E-state index contributed by atoms with van der Waals surface area (Å²) in [5, 5.41) is 1.01. The van der Waals surface area contributed by atoms with Gasteiger partial charge in [-0.2, -0.15) is 4.98 Å². The fourth-order valence-electron chi connectivity index (χ4n) is 0.990. The molecule has 1 rings (SSSR count). The number of hydrogen-bond donors (Lipinski definition) is 0. The molecule has 0 atom stereocenters. The van der Waals surface area contributed by atoms with Crippen molar-refractivity contribution >= 4 is 23.4 Å². The molecule has 5 heteroatoms. The third-order valence-corrected chi connectivity index (χ3v) is 2.48. The summed E-state index contributed by atoms with van der Waals surface area (Å²) >= 11 is 7.27. The normalized spacial score (nSPS) is 11.6. The van der Waals surface area contributed by atoms with Crippen molar-refractivity contribution in [3.8, 4) is 5.88 Å². The second-order valence-electron chi connectivity index (χ2n) is 2.73. The zero-order valence-electron chi connectivity index (χ0n) is 8.95. The van der Waals surface area contributed by atoms with Gasteiger partial charge in [0.25, 0.3) is 0 Å². The summed E-state index contributed by atoms with van der Waals surface area (Å²) in [7, 11) is 0. The first-order chi connectivity index (χ1) is 7.19. The van der Waals surface area contributed by atoms with Gasteiger partial charge in [-0.3, -0.25) is 0 Å². The Bertz CT molecular complexity index is 368. The van der Waals surface area contributed by atoms with Crippen LogP contribution in [0.5, 0.6) is 5.88 Å². The quantitative estimate of drug-likeness (QED) is 0.351. The summed E-state index contributed by atoms with van der Waals surface area (Å²) in [6.07, 6.45) is 4.63. The lowest BCUT2D eigenvalue weighted by Crippen LogP contribution is -1.97. The molecule has 82 valence electrons. The van der Waals surface area contributed by atoms with Gasteiger partial charge in [-0.05, 0) is 19.3 Å². The lowest BCUT2D eigenvalue weighted by molar-refractivity contribution is 0.388. The van der Waals surface area contributed by atoms with Crippen LogP contribution in [0.1, 0.15) is 20.3 Å². The van der Waals surface area contributed by atoms with Gasteiger partial charge in [0.15, 0.2) is 5.16 Å². The lowest BCUT2D eigenvalue weighted by atomic mass is 10.4. The number of nitrogens with zero attached hydrogens (tertiary/aromatic N) is 2. The highest BCUT2D eigenvalue weighted by Crippen LogP contribution is 2.20. The summed E-state index contributed by atoms with van der Waals surface area (Å²) in [6, 6.07) is 1.61. The van der Waals surface area contributed by atoms with Crippen LogP contribution >= 0.6 is 23.4 Å². The zero-order valence-corrected chi connectivity index (χ0v) is 10.5. The molecule has 1 aromatic rings. The molecule has 0 bridgehead atoms. The van der Waals surface area contributed by atoms with Crippen molar-refractivity contribution in [3.05, 3.63) is 23.1 Å². The van der Waals surface area contributed by atoms with E-state index in [0.29, 0.717) is 16.2 Å². The third-order valence-electron chi connectivity index (χ3n) is 1.74. The monoisotopic (exact) mass is 244 g/mol. The Kier molecular flexibility index (Phi) is 4.91. The van der Waals surface area contributed by atoms with Gasteiger partial charge >= 0.3 is 0 Å². The Morgan fingerprint density at radius 1 is 1.60 bits per heavy atom. The smallest absolute Gasteiger partial charge is 0.224 e. The van der Waals surface area contributed by atoms with Crippen LogP contribution in [-0.4, -0.2) is 16.2 Å². The maximum atomic E-state index is 5.83. The molecule has 0 saturated heterocycles. The second-order valence-corrected chi connectivity index (χ2v) is 3.89. The van der Waals surface area contributed by atoms with Crippen LogP contribution in [0.4, 0.5) is 0 Å². The topological polar surface area (TPSA) is 35.0 Å². The van der Waals surface area contributed by atoms with Crippen molar-refractivity contribution in [1.29, 1.82) is 0 Å². The highest BCUT2D eigenvalue weighted by atomic mass is 35.5. The lowest BCUT2D eigenvalue weighted by Gasteiger charge is -2.07. The molecule has 0 unspecified atom stereocenters. The van der Waals surface area contributed by atoms with Crippen molar-refractivity contribution < 1.29 is 4.74 Å². The minimum absolute atomic E-state index is 0.399. The minimum atomic E-state index is 0.399. The molecule has 0 spiro atoms. The number of allylic oxidation sites excluding steroid dienone is 2. The number of aromatic nitrogens is 2.